The van der Waals surface area contributed by atoms with Gasteiger partial charge in [0.2, 0.25) is 0 Å². The van der Waals surface area contributed by atoms with Crippen LogP contribution in [0.2, 0.25) is 5.02 Å². The third-order valence-electron chi connectivity index (χ3n) is 3.54. The number of fused-ring (bicyclic) bond motifs is 1. The molecule has 1 heterocycles. The summed E-state index contributed by atoms with van der Waals surface area (Å²) in [5.41, 5.74) is 1.56. The van der Waals surface area contributed by atoms with Crippen molar-refractivity contribution in [1.82, 2.24) is 0 Å². The van der Waals surface area contributed by atoms with E-state index in [2.05, 4.69) is 15.9 Å². The van der Waals surface area contributed by atoms with Crippen LogP contribution in [0.25, 0.3) is 0 Å². The van der Waals surface area contributed by atoms with Crippen molar-refractivity contribution in [2.24, 2.45) is 0 Å². The summed E-state index contributed by atoms with van der Waals surface area (Å²) in [6, 6.07) is 9.73. The lowest BCUT2D eigenvalue weighted by molar-refractivity contribution is -0.384. The number of hydrogen-bond donors (Lipinski definition) is 0. The molecule has 0 aromatic heterocycles. The number of benzene rings is 2. The van der Waals surface area contributed by atoms with Gasteiger partial charge in [-0.05, 0) is 42.3 Å². The number of nitrogens with zero attached hydrogens (tertiary/aromatic N) is 2. The number of carbonyl (C=O) groups excluding carboxylic acids is 1. The predicted octanol–water partition coefficient (Wildman–Crippen LogP) is 4.21. The van der Waals surface area contributed by atoms with Gasteiger partial charge in [0.1, 0.15) is 5.69 Å². The molecule has 1 amide bonds. The van der Waals surface area contributed by atoms with E-state index in [1.165, 1.54) is 11.0 Å². The molecule has 22 heavy (non-hydrogen) atoms. The summed E-state index contributed by atoms with van der Waals surface area (Å²) in [5, 5.41) is 11.8. The van der Waals surface area contributed by atoms with Crippen LogP contribution in [0.3, 0.4) is 0 Å². The highest BCUT2D eigenvalue weighted by Crippen LogP contribution is 2.40. The van der Waals surface area contributed by atoms with Crippen molar-refractivity contribution in [3.8, 4) is 0 Å². The fourth-order valence-electron chi connectivity index (χ4n) is 2.58. The van der Waals surface area contributed by atoms with Crippen LogP contribution in [-0.4, -0.2) is 17.4 Å². The van der Waals surface area contributed by atoms with Gasteiger partial charge in [0, 0.05) is 27.7 Å². The van der Waals surface area contributed by atoms with Gasteiger partial charge in [-0.15, -0.1) is 0 Å². The topological polar surface area (TPSA) is 63.5 Å². The molecule has 0 saturated heterocycles. The second-order valence-corrected chi connectivity index (χ2v) is 6.26. The van der Waals surface area contributed by atoms with Crippen LogP contribution in [0.15, 0.2) is 40.9 Å². The molecular weight excluding hydrogens is 372 g/mol. The maximum Gasteiger partial charge on any atom is 0.294 e. The van der Waals surface area contributed by atoms with E-state index in [1.54, 1.807) is 24.3 Å². The van der Waals surface area contributed by atoms with Gasteiger partial charge in [-0.3, -0.25) is 14.9 Å². The molecule has 1 aliphatic heterocycles. The number of anilines is 1. The second-order valence-electron chi connectivity index (χ2n) is 4.90. The molecule has 0 atom stereocenters. The zero-order valence-electron chi connectivity index (χ0n) is 11.3. The van der Waals surface area contributed by atoms with Crippen LogP contribution in [0.5, 0.6) is 0 Å². The van der Waals surface area contributed by atoms with Gasteiger partial charge in [-0.2, -0.15) is 0 Å². The Morgan fingerprint density at radius 1 is 1.27 bits per heavy atom. The van der Waals surface area contributed by atoms with Gasteiger partial charge in [0.15, 0.2) is 0 Å². The van der Waals surface area contributed by atoms with Gasteiger partial charge in [-0.25, -0.2) is 0 Å². The molecular formula is C15H10BrClN2O3. The summed E-state index contributed by atoms with van der Waals surface area (Å²) in [6.07, 6.45) is 0.592. The fraction of sp³-hybridized carbons (Fsp3) is 0.133. The Morgan fingerprint density at radius 2 is 1.95 bits per heavy atom. The Morgan fingerprint density at radius 3 is 2.59 bits per heavy atom. The summed E-state index contributed by atoms with van der Waals surface area (Å²) in [6.45, 7) is 0.425. The fourth-order valence-corrected chi connectivity index (χ4v) is 3.20. The van der Waals surface area contributed by atoms with Crippen LogP contribution >= 0.6 is 27.5 Å². The van der Waals surface area contributed by atoms with Gasteiger partial charge >= 0.3 is 0 Å². The number of rotatable bonds is 2. The van der Waals surface area contributed by atoms with Gasteiger partial charge in [0.25, 0.3) is 11.6 Å². The molecule has 0 fully saturated rings. The van der Waals surface area contributed by atoms with Crippen molar-refractivity contribution in [3.63, 3.8) is 0 Å². The van der Waals surface area contributed by atoms with E-state index >= 15 is 0 Å². The maximum absolute atomic E-state index is 12.6. The molecule has 1 aliphatic rings. The molecule has 3 rings (SSSR count). The summed E-state index contributed by atoms with van der Waals surface area (Å²) in [5.74, 6) is -0.263. The van der Waals surface area contributed by atoms with Crippen LogP contribution in [0, 0.1) is 10.1 Å². The number of amides is 1. The molecule has 5 nitrogen and oxygen atoms in total. The van der Waals surface area contributed by atoms with Crippen LogP contribution in [0.4, 0.5) is 11.4 Å². The van der Waals surface area contributed by atoms with E-state index < -0.39 is 4.92 Å². The van der Waals surface area contributed by atoms with Crippen LogP contribution in [0.1, 0.15) is 15.9 Å². The van der Waals surface area contributed by atoms with Gasteiger partial charge in [-0.1, -0.05) is 27.5 Å². The maximum atomic E-state index is 12.6. The number of nitro benzene ring substituents is 1. The summed E-state index contributed by atoms with van der Waals surface area (Å²) in [7, 11) is 0. The molecule has 7 heteroatoms. The standard InChI is InChI=1S/C15H10BrClN2O3/c16-11-7-10-5-6-18(14(10)13(8-11)19(21)22)15(20)9-1-3-12(17)4-2-9/h1-4,7-8H,5-6H2. The van der Waals surface area contributed by atoms with Gasteiger partial charge in [0.05, 0.1) is 4.92 Å². The van der Waals surface area contributed by atoms with Crippen LogP contribution < -0.4 is 4.90 Å². The average molecular weight is 382 g/mol. The normalized spacial score (nSPS) is 13.1. The number of carbonyl (C=O) groups is 1. The molecule has 0 N–H and O–H groups in total. The number of halogens is 2. The lowest BCUT2D eigenvalue weighted by Crippen LogP contribution is -2.29. The highest BCUT2D eigenvalue weighted by Gasteiger charge is 2.33. The first-order valence-electron chi connectivity index (χ1n) is 6.51. The van der Waals surface area contributed by atoms with E-state index in [9.17, 15) is 14.9 Å². The molecule has 0 aliphatic carbocycles. The summed E-state index contributed by atoms with van der Waals surface area (Å²) < 4.78 is 0.638. The largest absolute Gasteiger partial charge is 0.302 e. The summed E-state index contributed by atoms with van der Waals surface area (Å²) in [4.78, 5) is 24.9. The minimum Gasteiger partial charge on any atom is -0.302 e. The number of hydrogen-bond acceptors (Lipinski definition) is 3. The monoisotopic (exact) mass is 380 g/mol. The zero-order valence-corrected chi connectivity index (χ0v) is 13.6. The second kappa shape index (κ2) is 5.70. The van der Waals surface area contributed by atoms with Crippen molar-refractivity contribution in [3.05, 3.63) is 67.1 Å². The molecule has 0 spiro atoms. The third kappa shape index (κ3) is 2.60. The van der Waals surface area contributed by atoms with E-state index in [0.717, 1.165) is 5.56 Å². The Bertz CT molecular complexity index is 777. The Labute approximate surface area is 139 Å². The molecule has 2 aromatic carbocycles. The Hall–Kier alpha value is -1.92. The van der Waals surface area contributed by atoms with Crippen LogP contribution in [-0.2, 0) is 6.42 Å². The average Bonchev–Trinajstić information content (AvgIpc) is 2.89. The minimum atomic E-state index is -0.461. The first-order valence-corrected chi connectivity index (χ1v) is 7.68. The van der Waals surface area contributed by atoms with Crippen molar-refractivity contribution in [2.75, 3.05) is 11.4 Å². The van der Waals surface area contributed by atoms with Crippen molar-refractivity contribution in [2.45, 2.75) is 6.42 Å². The van der Waals surface area contributed by atoms with E-state index in [4.69, 9.17) is 11.6 Å². The highest BCUT2D eigenvalue weighted by atomic mass is 79.9. The zero-order chi connectivity index (χ0) is 15.9. The highest BCUT2D eigenvalue weighted by molar-refractivity contribution is 9.10. The first kappa shape index (κ1) is 15.0. The summed E-state index contributed by atoms with van der Waals surface area (Å²) >= 11 is 9.09. The third-order valence-corrected chi connectivity index (χ3v) is 4.25. The molecule has 0 bridgehead atoms. The number of nitro groups is 1. The van der Waals surface area contributed by atoms with E-state index in [0.29, 0.717) is 33.7 Å². The van der Waals surface area contributed by atoms with Crippen molar-refractivity contribution < 1.29 is 9.72 Å². The molecule has 112 valence electrons. The predicted molar refractivity (Wildman–Crippen MR) is 87.6 cm³/mol. The molecule has 0 radical (unpaired) electrons. The van der Waals surface area contributed by atoms with Crippen molar-refractivity contribution >= 4 is 44.8 Å². The smallest absolute Gasteiger partial charge is 0.294 e. The van der Waals surface area contributed by atoms with E-state index in [-0.39, 0.29) is 11.6 Å². The van der Waals surface area contributed by atoms with Gasteiger partial charge < -0.3 is 4.90 Å². The lowest BCUT2D eigenvalue weighted by Gasteiger charge is -2.17. The molecule has 0 unspecified atom stereocenters. The Kier molecular flexibility index (Phi) is 3.88. The Balaban J connectivity index is 2.05. The quantitative estimate of drug-likeness (QED) is 0.578. The minimum absolute atomic E-state index is 0.0656. The SMILES string of the molecule is O=C(c1ccc(Cl)cc1)N1CCc2cc(Br)cc([N+](=O)[O-])c21. The van der Waals surface area contributed by atoms with E-state index in [1.807, 2.05) is 6.07 Å². The molecule has 0 saturated carbocycles. The molecule has 2 aromatic rings. The van der Waals surface area contributed by atoms with Crippen molar-refractivity contribution in [1.29, 1.82) is 0 Å². The first-order chi connectivity index (χ1) is 10.5. The lowest BCUT2D eigenvalue weighted by atomic mass is 10.1.